The molecule has 0 heterocycles. The van der Waals surface area contributed by atoms with Crippen LogP contribution in [0.2, 0.25) is 0 Å². The van der Waals surface area contributed by atoms with Crippen LogP contribution in [-0.4, -0.2) is 19.8 Å². The first-order valence-corrected chi connectivity index (χ1v) is 7.07. The minimum absolute atomic E-state index is 0.413. The van der Waals surface area contributed by atoms with E-state index in [9.17, 15) is 0 Å². The van der Waals surface area contributed by atoms with Crippen LogP contribution in [0.1, 0.15) is 49.4 Å². The van der Waals surface area contributed by atoms with Gasteiger partial charge in [0.25, 0.3) is 0 Å². The van der Waals surface area contributed by atoms with Crippen molar-refractivity contribution < 1.29 is 4.74 Å². The highest BCUT2D eigenvalue weighted by molar-refractivity contribution is 5.33. The fraction of sp³-hybridized carbons (Fsp3) is 0.625. The van der Waals surface area contributed by atoms with Crippen LogP contribution in [0.5, 0.6) is 0 Å². The van der Waals surface area contributed by atoms with Gasteiger partial charge in [-0.2, -0.15) is 0 Å². The average Bonchev–Trinajstić information content (AvgIpc) is 2.37. The third-order valence-corrected chi connectivity index (χ3v) is 3.21. The van der Waals surface area contributed by atoms with E-state index < -0.39 is 0 Å². The molecule has 0 spiro atoms. The predicted octanol–water partition coefficient (Wildman–Crippen LogP) is 3.77. The van der Waals surface area contributed by atoms with Crippen molar-refractivity contribution in [3.63, 3.8) is 0 Å². The first-order valence-electron chi connectivity index (χ1n) is 7.07. The van der Waals surface area contributed by atoms with Crippen molar-refractivity contribution in [2.75, 3.05) is 19.8 Å². The lowest BCUT2D eigenvalue weighted by atomic mass is 9.97. The van der Waals surface area contributed by atoms with E-state index in [1.807, 2.05) is 6.92 Å². The highest BCUT2D eigenvalue weighted by Gasteiger charge is 2.13. The third-order valence-electron chi connectivity index (χ3n) is 3.21. The van der Waals surface area contributed by atoms with Gasteiger partial charge in [0.1, 0.15) is 0 Å². The summed E-state index contributed by atoms with van der Waals surface area (Å²) in [4.78, 5) is 0. The number of hydrogen-bond acceptors (Lipinski definition) is 2. The average molecular weight is 249 g/mol. The Morgan fingerprint density at radius 2 is 2.00 bits per heavy atom. The minimum atomic E-state index is 0.413. The number of benzene rings is 1. The maximum absolute atomic E-state index is 5.50. The first kappa shape index (κ1) is 15.2. The second-order valence-electron chi connectivity index (χ2n) is 4.85. The molecule has 0 aromatic heterocycles. The Labute approximate surface area is 112 Å². The Bertz CT molecular complexity index is 349. The highest BCUT2D eigenvalue weighted by atomic mass is 16.5. The second-order valence-corrected chi connectivity index (χ2v) is 4.85. The number of ether oxygens (including phenoxy) is 1. The van der Waals surface area contributed by atoms with E-state index in [-0.39, 0.29) is 0 Å². The van der Waals surface area contributed by atoms with Crippen molar-refractivity contribution in [2.24, 2.45) is 0 Å². The SMILES string of the molecule is CCCNC(CCOCC)c1cc(C)ccc1C. The molecule has 1 atom stereocenters. The van der Waals surface area contributed by atoms with Gasteiger partial charge in [0.15, 0.2) is 0 Å². The van der Waals surface area contributed by atoms with E-state index in [2.05, 4.69) is 44.3 Å². The van der Waals surface area contributed by atoms with Gasteiger partial charge in [-0.15, -0.1) is 0 Å². The molecule has 0 bridgehead atoms. The highest BCUT2D eigenvalue weighted by Crippen LogP contribution is 2.22. The summed E-state index contributed by atoms with van der Waals surface area (Å²) in [5, 5.41) is 3.63. The molecule has 1 unspecified atom stereocenters. The van der Waals surface area contributed by atoms with E-state index in [0.717, 1.165) is 32.6 Å². The largest absolute Gasteiger partial charge is 0.382 e. The molecule has 1 aromatic rings. The van der Waals surface area contributed by atoms with Gasteiger partial charge in [0.05, 0.1) is 0 Å². The molecule has 2 heteroatoms. The fourth-order valence-electron chi connectivity index (χ4n) is 2.17. The molecule has 0 radical (unpaired) electrons. The molecule has 0 fully saturated rings. The molecule has 0 aliphatic heterocycles. The number of hydrogen-bond donors (Lipinski definition) is 1. The zero-order valence-electron chi connectivity index (χ0n) is 12.3. The zero-order chi connectivity index (χ0) is 13.4. The van der Waals surface area contributed by atoms with Gasteiger partial charge in [-0.25, -0.2) is 0 Å². The Balaban J connectivity index is 2.75. The summed E-state index contributed by atoms with van der Waals surface area (Å²) in [6.45, 7) is 11.3. The molecule has 1 rings (SSSR count). The lowest BCUT2D eigenvalue weighted by Gasteiger charge is -2.21. The van der Waals surface area contributed by atoms with Gasteiger partial charge in [0.2, 0.25) is 0 Å². The number of aryl methyl sites for hydroxylation is 2. The molecular weight excluding hydrogens is 222 g/mol. The molecule has 0 aliphatic carbocycles. The smallest absolute Gasteiger partial charge is 0.0484 e. The standard InChI is InChI=1S/C16H27NO/c1-5-10-17-16(9-11-18-6-2)15-12-13(3)7-8-14(15)4/h7-8,12,16-17H,5-6,9-11H2,1-4H3. The molecule has 1 N–H and O–H groups in total. The first-order chi connectivity index (χ1) is 8.69. The Hall–Kier alpha value is -0.860. The van der Waals surface area contributed by atoms with Crippen molar-refractivity contribution in [3.05, 3.63) is 34.9 Å². The topological polar surface area (TPSA) is 21.3 Å². The van der Waals surface area contributed by atoms with Crippen LogP contribution in [0.25, 0.3) is 0 Å². The van der Waals surface area contributed by atoms with Crippen molar-refractivity contribution in [3.8, 4) is 0 Å². The van der Waals surface area contributed by atoms with Gasteiger partial charge in [0, 0.05) is 19.3 Å². The maximum atomic E-state index is 5.50. The monoisotopic (exact) mass is 249 g/mol. The lowest BCUT2D eigenvalue weighted by molar-refractivity contribution is 0.136. The van der Waals surface area contributed by atoms with Crippen LogP contribution in [0.4, 0.5) is 0 Å². The van der Waals surface area contributed by atoms with Crippen molar-refractivity contribution in [2.45, 2.75) is 46.6 Å². The Morgan fingerprint density at radius 3 is 2.67 bits per heavy atom. The molecule has 1 aromatic carbocycles. The molecular formula is C16H27NO. The van der Waals surface area contributed by atoms with Crippen molar-refractivity contribution in [1.29, 1.82) is 0 Å². The van der Waals surface area contributed by atoms with Crippen LogP contribution in [0, 0.1) is 13.8 Å². The summed E-state index contributed by atoms with van der Waals surface area (Å²) in [5.41, 5.74) is 4.11. The van der Waals surface area contributed by atoms with E-state index in [4.69, 9.17) is 4.74 Å². The zero-order valence-corrected chi connectivity index (χ0v) is 12.3. The van der Waals surface area contributed by atoms with Gasteiger partial charge in [-0.05, 0) is 51.3 Å². The van der Waals surface area contributed by atoms with E-state index in [1.54, 1.807) is 0 Å². The van der Waals surface area contributed by atoms with E-state index in [0.29, 0.717) is 6.04 Å². The van der Waals surface area contributed by atoms with Gasteiger partial charge in [-0.1, -0.05) is 30.7 Å². The molecule has 0 aliphatic rings. The second kappa shape index (κ2) is 8.28. The number of nitrogens with one attached hydrogen (secondary N) is 1. The van der Waals surface area contributed by atoms with E-state index in [1.165, 1.54) is 16.7 Å². The lowest BCUT2D eigenvalue weighted by Crippen LogP contribution is -2.24. The maximum Gasteiger partial charge on any atom is 0.0484 e. The van der Waals surface area contributed by atoms with Crippen molar-refractivity contribution in [1.82, 2.24) is 5.32 Å². The molecule has 102 valence electrons. The summed E-state index contributed by atoms with van der Waals surface area (Å²) in [6.07, 6.45) is 2.20. The fourth-order valence-corrected chi connectivity index (χ4v) is 2.17. The van der Waals surface area contributed by atoms with Crippen LogP contribution in [0.3, 0.4) is 0 Å². The minimum Gasteiger partial charge on any atom is -0.382 e. The molecule has 0 saturated carbocycles. The predicted molar refractivity (Wildman–Crippen MR) is 78.1 cm³/mol. The molecule has 0 saturated heterocycles. The van der Waals surface area contributed by atoms with Crippen LogP contribution < -0.4 is 5.32 Å². The molecule has 2 nitrogen and oxygen atoms in total. The third kappa shape index (κ3) is 4.79. The summed E-state index contributed by atoms with van der Waals surface area (Å²) in [7, 11) is 0. The summed E-state index contributed by atoms with van der Waals surface area (Å²) < 4.78 is 5.50. The van der Waals surface area contributed by atoms with Crippen molar-refractivity contribution >= 4 is 0 Å². The Kier molecular flexibility index (Phi) is 6.99. The molecule has 0 amide bonds. The summed E-state index contributed by atoms with van der Waals surface area (Å²) in [5.74, 6) is 0. The van der Waals surface area contributed by atoms with Gasteiger partial charge >= 0.3 is 0 Å². The normalized spacial score (nSPS) is 12.7. The quantitative estimate of drug-likeness (QED) is 0.708. The Morgan fingerprint density at radius 1 is 1.22 bits per heavy atom. The summed E-state index contributed by atoms with van der Waals surface area (Å²) in [6, 6.07) is 7.11. The molecule has 18 heavy (non-hydrogen) atoms. The van der Waals surface area contributed by atoms with Gasteiger partial charge < -0.3 is 10.1 Å². The van der Waals surface area contributed by atoms with Crippen LogP contribution in [0.15, 0.2) is 18.2 Å². The number of rotatable bonds is 8. The van der Waals surface area contributed by atoms with Crippen LogP contribution in [-0.2, 0) is 4.74 Å². The summed E-state index contributed by atoms with van der Waals surface area (Å²) >= 11 is 0. The van der Waals surface area contributed by atoms with Gasteiger partial charge in [-0.3, -0.25) is 0 Å². The van der Waals surface area contributed by atoms with Crippen LogP contribution >= 0.6 is 0 Å². The van der Waals surface area contributed by atoms with E-state index >= 15 is 0 Å².